The number of anilines is 1. The molecule has 0 bridgehead atoms. The Balaban J connectivity index is 2.17. The van der Waals surface area contributed by atoms with Crippen molar-refractivity contribution in [2.24, 2.45) is 0 Å². The van der Waals surface area contributed by atoms with Crippen molar-refractivity contribution in [3.8, 4) is 5.75 Å². The molecule has 6 heteroatoms. The molecule has 5 nitrogen and oxygen atoms in total. The summed E-state index contributed by atoms with van der Waals surface area (Å²) in [5.74, 6) is 0.720. The molecule has 0 aliphatic carbocycles. The number of ether oxygens (including phenoxy) is 1. The van der Waals surface area contributed by atoms with E-state index in [-0.39, 0.29) is 5.91 Å². The number of hydrogen-bond acceptors (Lipinski definition) is 4. The van der Waals surface area contributed by atoms with Crippen LogP contribution < -0.4 is 10.1 Å². The summed E-state index contributed by atoms with van der Waals surface area (Å²) in [4.78, 5) is 11.9. The van der Waals surface area contributed by atoms with Gasteiger partial charge in [0.25, 0.3) is 5.91 Å². The van der Waals surface area contributed by atoms with Gasteiger partial charge in [0.05, 0.1) is 18.3 Å². The third-order valence-electron chi connectivity index (χ3n) is 2.41. The molecule has 1 amide bonds. The van der Waals surface area contributed by atoms with Crippen LogP contribution in [0.15, 0.2) is 28.9 Å². The molecule has 1 heterocycles. The minimum atomic E-state index is -0.296. The number of nitrogens with zero attached hydrogens (tertiary/aromatic N) is 1. The number of aryl methyl sites for hydroxylation is 1. The van der Waals surface area contributed by atoms with Gasteiger partial charge in [-0.25, -0.2) is 0 Å². The average molecular weight is 267 g/mol. The zero-order chi connectivity index (χ0) is 13.1. The van der Waals surface area contributed by atoms with Crippen LogP contribution in [0.2, 0.25) is 5.02 Å². The summed E-state index contributed by atoms with van der Waals surface area (Å²) >= 11 is 5.96. The van der Waals surface area contributed by atoms with Crippen molar-refractivity contribution in [3.63, 3.8) is 0 Å². The van der Waals surface area contributed by atoms with Crippen molar-refractivity contribution in [2.45, 2.75) is 6.92 Å². The molecule has 0 saturated carbocycles. The lowest BCUT2D eigenvalue weighted by atomic mass is 10.2. The predicted molar refractivity (Wildman–Crippen MR) is 67.2 cm³/mol. The van der Waals surface area contributed by atoms with Crippen molar-refractivity contribution in [2.75, 3.05) is 12.4 Å². The third kappa shape index (κ3) is 2.46. The minimum absolute atomic E-state index is 0.296. The Bertz CT molecular complexity index is 580. The number of hydrogen-bond donors (Lipinski definition) is 1. The molecule has 0 atom stereocenters. The van der Waals surface area contributed by atoms with E-state index in [1.165, 1.54) is 13.3 Å². The van der Waals surface area contributed by atoms with Gasteiger partial charge in [0.15, 0.2) is 0 Å². The van der Waals surface area contributed by atoms with Crippen molar-refractivity contribution in [3.05, 3.63) is 40.7 Å². The second-order valence-corrected chi connectivity index (χ2v) is 4.01. The van der Waals surface area contributed by atoms with E-state index in [0.29, 0.717) is 27.8 Å². The highest BCUT2D eigenvalue weighted by Gasteiger charge is 2.13. The molecule has 18 heavy (non-hydrogen) atoms. The van der Waals surface area contributed by atoms with Crippen molar-refractivity contribution in [1.82, 2.24) is 5.16 Å². The van der Waals surface area contributed by atoms with Crippen LogP contribution in [0.1, 0.15) is 16.1 Å². The Morgan fingerprint density at radius 2 is 2.28 bits per heavy atom. The molecule has 1 aromatic heterocycles. The first kappa shape index (κ1) is 12.4. The van der Waals surface area contributed by atoms with Crippen LogP contribution in [0.4, 0.5) is 5.69 Å². The molecule has 1 N–H and O–H groups in total. The minimum Gasteiger partial charge on any atom is -0.495 e. The zero-order valence-electron chi connectivity index (χ0n) is 9.86. The first-order valence-corrected chi connectivity index (χ1v) is 5.56. The number of carbonyl (C=O) groups excluding carboxylic acids is 1. The van der Waals surface area contributed by atoms with Crippen LogP contribution in [0, 0.1) is 6.92 Å². The van der Waals surface area contributed by atoms with E-state index < -0.39 is 0 Å². The van der Waals surface area contributed by atoms with Crippen LogP contribution in [0.25, 0.3) is 0 Å². The first-order chi connectivity index (χ1) is 8.61. The summed E-state index contributed by atoms with van der Waals surface area (Å²) in [6, 6.07) is 4.99. The van der Waals surface area contributed by atoms with E-state index in [1.807, 2.05) is 0 Å². The molecule has 0 radical (unpaired) electrons. The van der Waals surface area contributed by atoms with Crippen LogP contribution >= 0.6 is 11.6 Å². The Morgan fingerprint density at radius 1 is 1.50 bits per heavy atom. The van der Waals surface area contributed by atoms with E-state index >= 15 is 0 Å². The monoisotopic (exact) mass is 266 g/mol. The maximum absolute atomic E-state index is 11.9. The van der Waals surface area contributed by atoms with Gasteiger partial charge in [-0.05, 0) is 25.1 Å². The van der Waals surface area contributed by atoms with E-state index in [4.69, 9.17) is 20.9 Å². The van der Waals surface area contributed by atoms with Gasteiger partial charge < -0.3 is 14.6 Å². The summed E-state index contributed by atoms with van der Waals surface area (Å²) < 4.78 is 9.85. The smallest absolute Gasteiger partial charge is 0.260 e. The summed E-state index contributed by atoms with van der Waals surface area (Å²) in [5.41, 5.74) is 0.966. The highest BCUT2D eigenvalue weighted by Crippen LogP contribution is 2.27. The fourth-order valence-corrected chi connectivity index (χ4v) is 1.72. The van der Waals surface area contributed by atoms with Gasteiger partial charge in [0.2, 0.25) is 0 Å². The van der Waals surface area contributed by atoms with Gasteiger partial charge >= 0.3 is 0 Å². The quantitative estimate of drug-likeness (QED) is 0.928. The summed E-state index contributed by atoms with van der Waals surface area (Å²) in [6.07, 6.45) is 1.37. The number of carbonyl (C=O) groups is 1. The van der Waals surface area contributed by atoms with E-state index in [2.05, 4.69) is 10.5 Å². The van der Waals surface area contributed by atoms with Gasteiger partial charge in [-0.15, -0.1) is 0 Å². The largest absolute Gasteiger partial charge is 0.495 e. The van der Waals surface area contributed by atoms with Gasteiger partial charge in [0.1, 0.15) is 17.1 Å². The van der Waals surface area contributed by atoms with E-state index in [9.17, 15) is 4.79 Å². The Labute approximate surface area is 109 Å². The second kappa shape index (κ2) is 5.10. The Morgan fingerprint density at radius 3 is 2.83 bits per heavy atom. The molecule has 0 aliphatic rings. The van der Waals surface area contributed by atoms with Gasteiger partial charge in [-0.2, -0.15) is 0 Å². The summed E-state index contributed by atoms with van der Waals surface area (Å²) in [5, 5.41) is 6.67. The lowest BCUT2D eigenvalue weighted by Crippen LogP contribution is -2.12. The predicted octanol–water partition coefficient (Wildman–Crippen LogP) is 2.90. The molecule has 1 aromatic carbocycles. The maximum Gasteiger partial charge on any atom is 0.260 e. The molecule has 0 aliphatic heterocycles. The second-order valence-electron chi connectivity index (χ2n) is 3.60. The van der Waals surface area contributed by atoms with Gasteiger partial charge in [-0.3, -0.25) is 4.79 Å². The topological polar surface area (TPSA) is 64.4 Å². The number of methoxy groups -OCH3 is 1. The molecule has 94 valence electrons. The van der Waals surface area contributed by atoms with Crippen molar-refractivity contribution < 1.29 is 14.1 Å². The van der Waals surface area contributed by atoms with Crippen LogP contribution in [-0.2, 0) is 0 Å². The van der Waals surface area contributed by atoms with Crippen molar-refractivity contribution >= 4 is 23.2 Å². The fourth-order valence-electron chi connectivity index (χ4n) is 1.46. The number of benzene rings is 1. The highest BCUT2D eigenvalue weighted by molar-refractivity contribution is 6.32. The average Bonchev–Trinajstić information content (AvgIpc) is 2.76. The number of nitrogens with one attached hydrogen (secondary N) is 1. The molecule has 2 aromatic rings. The fraction of sp³-hybridized carbons (Fsp3) is 0.167. The standard InChI is InChI=1S/C12H11ClN2O3/c1-7-9(6-14-18-7)12(16)15-8-3-4-11(17-2)10(13)5-8/h3-6H,1-2H3,(H,15,16). The SMILES string of the molecule is COc1ccc(NC(=O)c2cnoc2C)cc1Cl. The molecule has 0 saturated heterocycles. The molecular formula is C12H11ClN2O3. The number of amides is 1. The molecular weight excluding hydrogens is 256 g/mol. The van der Waals surface area contributed by atoms with E-state index in [1.54, 1.807) is 25.1 Å². The highest BCUT2D eigenvalue weighted by atomic mass is 35.5. The Kier molecular flexibility index (Phi) is 3.53. The summed E-state index contributed by atoms with van der Waals surface area (Å²) in [7, 11) is 1.53. The lowest BCUT2D eigenvalue weighted by Gasteiger charge is -2.07. The molecule has 0 fully saturated rings. The summed E-state index contributed by atoms with van der Waals surface area (Å²) in [6.45, 7) is 1.67. The maximum atomic E-state index is 11.9. The molecule has 2 rings (SSSR count). The lowest BCUT2D eigenvalue weighted by molar-refractivity contribution is 0.102. The van der Waals surface area contributed by atoms with Crippen LogP contribution in [0.5, 0.6) is 5.75 Å². The van der Waals surface area contributed by atoms with E-state index in [0.717, 1.165) is 0 Å². The number of halogens is 1. The normalized spacial score (nSPS) is 10.2. The van der Waals surface area contributed by atoms with Gasteiger partial charge in [0, 0.05) is 5.69 Å². The van der Waals surface area contributed by atoms with Crippen molar-refractivity contribution in [1.29, 1.82) is 0 Å². The number of rotatable bonds is 3. The van der Waals surface area contributed by atoms with Gasteiger partial charge in [-0.1, -0.05) is 16.8 Å². The Hall–Kier alpha value is -2.01. The van der Waals surface area contributed by atoms with Crippen LogP contribution in [0.3, 0.4) is 0 Å². The zero-order valence-corrected chi connectivity index (χ0v) is 10.6. The molecule has 0 unspecified atom stereocenters. The van der Waals surface area contributed by atoms with Crippen LogP contribution in [-0.4, -0.2) is 18.2 Å². The first-order valence-electron chi connectivity index (χ1n) is 5.18. The number of aromatic nitrogens is 1. The third-order valence-corrected chi connectivity index (χ3v) is 2.70. The molecule has 0 spiro atoms.